The second-order valence-electron chi connectivity index (χ2n) is 3.66. The lowest BCUT2D eigenvalue weighted by Crippen LogP contribution is -2.35. The van der Waals surface area contributed by atoms with E-state index in [1.807, 2.05) is 13.8 Å². The van der Waals surface area contributed by atoms with Crippen molar-refractivity contribution in [3.63, 3.8) is 0 Å². The molecule has 0 aromatic heterocycles. The Morgan fingerprint density at radius 1 is 1.44 bits per heavy atom. The first-order valence-corrected chi connectivity index (χ1v) is 6.05. The summed E-state index contributed by atoms with van der Waals surface area (Å²) in [4.78, 5) is 13.5. The number of carbonyl (C=O) groups excluding carboxylic acids is 1. The van der Waals surface area contributed by atoms with Gasteiger partial charge in [0, 0.05) is 18.7 Å². The minimum absolute atomic E-state index is 0.0457. The van der Waals surface area contributed by atoms with E-state index in [9.17, 15) is 9.18 Å². The second kappa shape index (κ2) is 6.30. The summed E-state index contributed by atoms with van der Waals surface area (Å²) in [7, 11) is 0. The minimum atomic E-state index is -0.446. The molecule has 0 aliphatic carbocycles. The average molecular weight is 269 g/mol. The molecule has 0 aliphatic heterocycles. The van der Waals surface area contributed by atoms with Gasteiger partial charge in [-0.2, -0.15) is 0 Å². The highest BCUT2D eigenvalue weighted by Crippen LogP contribution is 2.17. The average Bonchev–Trinajstić information content (AvgIpc) is 2.32. The van der Waals surface area contributed by atoms with E-state index in [0.29, 0.717) is 24.3 Å². The SMILES string of the molecule is CCN(CC)C(=O)Nc1ccc(F)cc1C(N)=S. The fraction of sp³-hybridized carbons (Fsp3) is 0.333. The molecule has 0 atom stereocenters. The van der Waals surface area contributed by atoms with E-state index in [2.05, 4.69) is 5.32 Å². The van der Waals surface area contributed by atoms with Gasteiger partial charge in [-0.1, -0.05) is 12.2 Å². The van der Waals surface area contributed by atoms with Crippen LogP contribution in [-0.2, 0) is 0 Å². The lowest BCUT2D eigenvalue weighted by Gasteiger charge is -2.20. The second-order valence-corrected chi connectivity index (χ2v) is 4.10. The molecule has 0 bridgehead atoms. The van der Waals surface area contributed by atoms with Gasteiger partial charge in [-0.15, -0.1) is 0 Å². The molecule has 4 nitrogen and oxygen atoms in total. The first-order valence-electron chi connectivity index (χ1n) is 5.64. The van der Waals surface area contributed by atoms with Gasteiger partial charge in [-0.3, -0.25) is 0 Å². The van der Waals surface area contributed by atoms with Gasteiger partial charge in [0.2, 0.25) is 0 Å². The Balaban J connectivity index is 2.97. The molecule has 0 saturated carbocycles. The number of thiocarbonyl (C=S) groups is 1. The van der Waals surface area contributed by atoms with Crippen molar-refractivity contribution in [2.75, 3.05) is 18.4 Å². The number of amides is 2. The Hall–Kier alpha value is -1.69. The van der Waals surface area contributed by atoms with Crippen molar-refractivity contribution in [3.05, 3.63) is 29.6 Å². The molecule has 0 aliphatic rings. The van der Waals surface area contributed by atoms with Gasteiger partial charge in [0.15, 0.2) is 0 Å². The summed E-state index contributed by atoms with van der Waals surface area (Å²) >= 11 is 4.83. The summed E-state index contributed by atoms with van der Waals surface area (Å²) in [5.41, 5.74) is 6.24. The molecule has 0 heterocycles. The number of carbonyl (C=O) groups is 1. The van der Waals surface area contributed by atoms with Crippen LogP contribution in [0.25, 0.3) is 0 Å². The molecule has 1 aromatic carbocycles. The van der Waals surface area contributed by atoms with Crippen molar-refractivity contribution >= 4 is 28.9 Å². The third-order valence-corrected chi connectivity index (χ3v) is 2.76. The minimum Gasteiger partial charge on any atom is -0.389 e. The van der Waals surface area contributed by atoms with Crippen LogP contribution in [0.3, 0.4) is 0 Å². The molecule has 0 spiro atoms. The van der Waals surface area contributed by atoms with Gasteiger partial charge in [-0.25, -0.2) is 9.18 Å². The zero-order valence-electron chi connectivity index (χ0n) is 10.4. The lowest BCUT2D eigenvalue weighted by molar-refractivity contribution is 0.217. The van der Waals surface area contributed by atoms with Crippen molar-refractivity contribution in [1.29, 1.82) is 0 Å². The monoisotopic (exact) mass is 269 g/mol. The Kier molecular flexibility index (Phi) is 5.03. The van der Waals surface area contributed by atoms with Gasteiger partial charge >= 0.3 is 6.03 Å². The van der Waals surface area contributed by atoms with E-state index in [1.54, 1.807) is 4.90 Å². The third kappa shape index (κ3) is 3.40. The fourth-order valence-electron chi connectivity index (χ4n) is 1.53. The molecular formula is C12H16FN3OS. The highest BCUT2D eigenvalue weighted by molar-refractivity contribution is 7.80. The molecule has 2 amide bonds. The maximum atomic E-state index is 13.1. The molecule has 6 heteroatoms. The Labute approximate surface area is 111 Å². The van der Waals surface area contributed by atoms with Crippen LogP contribution >= 0.6 is 12.2 Å². The van der Waals surface area contributed by atoms with E-state index in [1.165, 1.54) is 18.2 Å². The predicted molar refractivity (Wildman–Crippen MR) is 74.2 cm³/mol. The Bertz CT molecular complexity index is 461. The normalized spacial score (nSPS) is 9.94. The molecule has 0 radical (unpaired) electrons. The van der Waals surface area contributed by atoms with Gasteiger partial charge in [0.25, 0.3) is 0 Å². The number of nitrogens with zero attached hydrogens (tertiary/aromatic N) is 1. The summed E-state index contributed by atoms with van der Waals surface area (Å²) in [5, 5.41) is 2.67. The summed E-state index contributed by atoms with van der Waals surface area (Å²) in [5.74, 6) is -0.446. The van der Waals surface area contributed by atoms with E-state index < -0.39 is 5.82 Å². The summed E-state index contributed by atoms with van der Waals surface area (Å²) in [6.07, 6.45) is 0. The topological polar surface area (TPSA) is 58.4 Å². The van der Waals surface area contributed by atoms with Crippen LogP contribution in [0.2, 0.25) is 0 Å². The third-order valence-electron chi connectivity index (χ3n) is 2.54. The van der Waals surface area contributed by atoms with Crippen LogP contribution in [0.5, 0.6) is 0 Å². The predicted octanol–water partition coefficient (Wildman–Crippen LogP) is 2.33. The maximum absolute atomic E-state index is 13.1. The number of hydrogen-bond acceptors (Lipinski definition) is 2. The van der Waals surface area contributed by atoms with E-state index in [4.69, 9.17) is 18.0 Å². The molecule has 1 rings (SSSR count). The van der Waals surface area contributed by atoms with Gasteiger partial charge in [0.1, 0.15) is 10.8 Å². The molecule has 0 saturated heterocycles. The molecule has 98 valence electrons. The maximum Gasteiger partial charge on any atom is 0.321 e. The van der Waals surface area contributed by atoms with Gasteiger partial charge in [-0.05, 0) is 32.0 Å². The summed E-state index contributed by atoms with van der Waals surface area (Å²) in [6, 6.07) is 3.65. The van der Waals surface area contributed by atoms with Crippen LogP contribution in [0.4, 0.5) is 14.9 Å². The van der Waals surface area contributed by atoms with Gasteiger partial charge < -0.3 is 16.0 Å². The quantitative estimate of drug-likeness (QED) is 0.825. The number of hydrogen-bond donors (Lipinski definition) is 2. The highest BCUT2D eigenvalue weighted by Gasteiger charge is 2.13. The summed E-state index contributed by atoms with van der Waals surface area (Å²) in [6.45, 7) is 4.93. The Morgan fingerprint density at radius 2 is 2.06 bits per heavy atom. The smallest absolute Gasteiger partial charge is 0.321 e. The number of nitrogens with one attached hydrogen (secondary N) is 1. The van der Waals surface area contributed by atoms with Crippen LogP contribution in [0.1, 0.15) is 19.4 Å². The standard InChI is InChI=1S/C12H16FN3OS/c1-3-16(4-2)12(17)15-10-6-5-8(13)7-9(10)11(14)18/h5-7H,3-4H2,1-2H3,(H2,14,18)(H,15,17). The Morgan fingerprint density at radius 3 is 2.56 bits per heavy atom. The van der Waals surface area contributed by atoms with E-state index in [0.717, 1.165) is 0 Å². The molecule has 18 heavy (non-hydrogen) atoms. The molecule has 1 aromatic rings. The van der Waals surface area contributed by atoms with Crippen LogP contribution < -0.4 is 11.1 Å². The van der Waals surface area contributed by atoms with Crippen molar-refractivity contribution in [2.45, 2.75) is 13.8 Å². The number of halogens is 1. The summed E-state index contributed by atoms with van der Waals surface area (Å²) < 4.78 is 13.1. The molecule has 0 fully saturated rings. The van der Waals surface area contributed by atoms with Crippen molar-refractivity contribution in [3.8, 4) is 0 Å². The van der Waals surface area contributed by atoms with Crippen LogP contribution in [0, 0.1) is 5.82 Å². The van der Waals surface area contributed by atoms with Crippen molar-refractivity contribution in [1.82, 2.24) is 4.90 Å². The van der Waals surface area contributed by atoms with Crippen LogP contribution in [-0.4, -0.2) is 29.0 Å². The number of nitrogens with two attached hydrogens (primary N) is 1. The molecule has 3 N–H and O–H groups in total. The largest absolute Gasteiger partial charge is 0.389 e. The highest BCUT2D eigenvalue weighted by atomic mass is 32.1. The zero-order chi connectivity index (χ0) is 13.7. The first kappa shape index (κ1) is 14.4. The number of benzene rings is 1. The van der Waals surface area contributed by atoms with Gasteiger partial charge in [0.05, 0.1) is 5.69 Å². The lowest BCUT2D eigenvalue weighted by atomic mass is 10.1. The van der Waals surface area contributed by atoms with Crippen molar-refractivity contribution < 1.29 is 9.18 Å². The van der Waals surface area contributed by atoms with Crippen LogP contribution in [0.15, 0.2) is 18.2 Å². The molecular weight excluding hydrogens is 253 g/mol. The zero-order valence-corrected chi connectivity index (χ0v) is 11.2. The van der Waals surface area contributed by atoms with E-state index in [-0.39, 0.29) is 11.0 Å². The first-order chi connectivity index (χ1) is 8.49. The number of urea groups is 1. The van der Waals surface area contributed by atoms with E-state index >= 15 is 0 Å². The van der Waals surface area contributed by atoms with Crippen molar-refractivity contribution in [2.24, 2.45) is 5.73 Å². The number of rotatable bonds is 4. The molecule has 0 unspecified atom stereocenters. The fourth-order valence-corrected chi connectivity index (χ4v) is 1.70. The number of anilines is 1.